The number of halogens is 2. The van der Waals surface area contributed by atoms with E-state index in [0.29, 0.717) is 26.6 Å². The van der Waals surface area contributed by atoms with E-state index in [1.54, 1.807) is 42.5 Å². The van der Waals surface area contributed by atoms with E-state index < -0.39 is 5.97 Å². The largest absolute Gasteiger partial charge is 0.464 e. The van der Waals surface area contributed by atoms with Crippen LogP contribution in [0.1, 0.15) is 10.5 Å². The van der Waals surface area contributed by atoms with E-state index in [9.17, 15) is 9.59 Å². The number of ether oxygens (including phenoxy) is 1. The molecule has 0 fully saturated rings. The quantitative estimate of drug-likeness (QED) is 0.702. The van der Waals surface area contributed by atoms with Crippen molar-refractivity contribution in [3.8, 4) is 0 Å². The van der Waals surface area contributed by atoms with E-state index in [1.165, 1.54) is 11.8 Å². The van der Waals surface area contributed by atoms with Gasteiger partial charge in [-0.2, -0.15) is 5.10 Å². The van der Waals surface area contributed by atoms with Gasteiger partial charge in [-0.05, 0) is 24.3 Å². The van der Waals surface area contributed by atoms with Crippen molar-refractivity contribution in [1.29, 1.82) is 0 Å². The number of aromatic nitrogens is 2. The van der Waals surface area contributed by atoms with Gasteiger partial charge in [0.2, 0.25) is 5.91 Å². The maximum Gasteiger partial charge on any atom is 0.359 e. The Kier molecular flexibility index (Phi) is 4.92. The average Bonchev–Trinajstić information content (AvgIpc) is 2.96. The SMILES string of the molecule is COC(=O)c1nn(CC(=O)Nc2ccc(Cl)c(Cl)c2)c2ccccc12. The number of carbonyl (C=O) groups is 2. The Bertz CT molecular complexity index is 969. The highest BCUT2D eigenvalue weighted by molar-refractivity contribution is 6.42. The normalized spacial score (nSPS) is 10.7. The fourth-order valence-electron chi connectivity index (χ4n) is 2.41. The molecule has 6 nitrogen and oxygen atoms in total. The maximum atomic E-state index is 12.3. The number of esters is 1. The molecule has 0 saturated heterocycles. The summed E-state index contributed by atoms with van der Waals surface area (Å²) in [7, 11) is 1.28. The van der Waals surface area contributed by atoms with Gasteiger partial charge in [-0.15, -0.1) is 0 Å². The Morgan fingerprint density at radius 3 is 2.64 bits per heavy atom. The molecule has 1 aromatic heterocycles. The summed E-state index contributed by atoms with van der Waals surface area (Å²) >= 11 is 11.8. The maximum absolute atomic E-state index is 12.3. The van der Waals surface area contributed by atoms with Crippen molar-refractivity contribution in [2.75, 3.05) is 12.4 Å². The summed E-state index contributed by atoms with van der Waals surface area (Å²) in [6.07, 6.45) is 0. The summed E-state index contributed by atoms with van der Waals surface area (Å²) in [6.45, 7) is -0.0717. The minimum atomic E-state index is -0.556. The van der Waals surface area contributed by atoms with Gasteiger partial charge >= 0.3 is 5.97 Å². The van der Waals surface area contributed by atoms with Gasteiger partial charge in [0.05, 0.1) is 22.7 Å². The molecular weight excluding hydrogens is 365 g/mol. The third-order valence-corrected chi connectivity index (χ3v) is 4.27. The van der Waals surface area contributed by atoms with Crippen LogP contribution >= 0.6 is 23.2 Å². The van der Waals surface area contributed by atoms with E-state index in [0.717, 1.165) is 0 Å². The van der Waals surface area contributed by atoms with E-state index in [1.807, 2.05) is 0 Å². The van der Waals surface area contributed by atoms with Crippen molar-refractivity contribution in [3.05, 3.63) is 58.2 Å². The van der Waals surface area contributed by atoms with Gasteiger partial charge in [0.1, 0.15) is 6.54 Å². The molecule has 2 aromatic carbocycles. The number of hydrogen-bond donors (Lipinski definition) is 1. The molecule has 0 radical (unpaired) electrons. The van der Waals surface area contributed by atoms with E-state index in [-0.39, 0.29) is 18.1 Å². The van der Waals surface area contributed by atoms with Crippen LogP contribution in [-0.4, -0.2) is 28.8 Å². The van der Waals surface area contributed by atoms with Crippen LogP contribution in [0.3, 0.4) is 0 Å². The molecule has 0 bridgehead atoms. The molecule has 1 amide bonds. The fourth-order valence-corrected chi connectivity index (χ4v) is 2.70. The van der Waals surface area contributed by atoms with E-state index in [2.05, 4.69) is 10.4 Å². The first-order valence-corrected chi connectivity index (χ1v) is 8.04. The molecule has 3 aromatic rings. The molecule has 0 aliphatic rings. The number of anilines is 1. The van der Waals surface area contributed by atoms with Crippen molar-refractivity contribution < 1.29 is 14.3 Å². The molecule has 0 atom stereocenters. The predicted octanol–water partition coefficient (Wildman–Crippen LogP) is 3.77. The Labute approximate surface area is 153 Å². The number of carbonyl (C=O) groups excluding carboxylic acids is 2. The standard InChI is InChI=1S/C17H13Cl2N3O3/c1-25-17(24)16-11-4-2-3-5-14(11)22(21-16)9-15(23)20-10-6-7-12(18)13(19)8-10/h2-8H,9H2,1H3,(H,20,23). The first-order valence-electron chi connectivity index (χ1n) is 7.28. The van der Waals surface area contributed by atoms with Gasteiger partial charge in [-0.25, -0.2) is 4.79 Å². The van der Waals surface area contributed by atoms with Crippen LogP contribution in [0, 0.1) is 0 Å². The monoisotopic (exact) mass is 377 g/mol. The van der Waals surface area contributed by atoms with Crippen molar-refractivity contribution in [2.45, 2.75) is 6.54 Å². The first kappa shape index (κ1) is 17.3. The highest BCUT2D eigenvalue weighted by atomic mass is 35.5. The van der Waals surface area contributed by atoms with Crippen LogP contribution in [0.2, 0.25) is 10.0 Å². The molecule has 3 rings (SSSR count). The molecule has 0 aliphatic carbocycles. The third-order valence-electron chi connectivity index (χ3n) is 3.53. The lowest BCUT2D eigenvalue weighted by molar-refractivity contribution is -0.116. The van der Waals surface area contributed by atoms with Gasteiger partial charge in [0.25, 0.3) is 0 Å². The molecule has 8 heteroatoms. The number of hydrogen-bond acceptors (Lipinski definition) is 4. The van der Waals surface area contributed by atoms with Crippen molar-refractivity contribution in [3.63, 3.8) is 0 Å². The Hall–Kier alpha value is -2.57. The molecular formula is C17H13Cl2N3O3. The van der Waals surface area contributed by atoms with Crippen LogP contribution in [0.4, 0.5) is 5.69 Å². The fraction of sp³-hybridized carbons (Fsp3) is 0.118. The minimum absolute atomic E-state index is 0.0717. The molecule has 25 heavy (non-hydrogen) atoms. The van der Waals surface area contributed by atoms with Crippen molar-refractivity contribution in [2.24, 2.45) is 0 Å². The van der Waals surface area contributed by atoms with Gasteiger partial charge < -0.3 is 10.1 Å². The highest BCUT2D eigenvalue weighted by Gasteiger charge is 2.18. The van der Waals surface area contributed by atoms with Crippen LogP contribution in [0.25, 0.3) is 10.9 Å². The van der Waals surface area contributed by atoms with E-state index >= 15 is 0 Å². The Balaban J connectivity index is 1.86. The molecule has 128 valence electrons. The number of fused-ring (bicyclic) bond motifs is 1. The van der Waals surface area contributed by atoms with Crippen LogP contribution < -0.4 is 5.32 Å². The zero-order valence-corrected chi connectivity index (χ0v) is 14.6. The number of methoxy groups -OCH3 is 1. The lowest BCUT2D eigenvalue weighted by atomic mass is 10.2. The number of para-hydroxylation sites is 1. The molecule has 1 heterocycles. The minimum Gasteiger partial charge on any atom is -0.464 e. The third kappa shape index (κ3) is 3.60. The second kappa shape index (κ2) is 7.13. The summed E-state index contributed by atoms with van der Waals surface area (Å²) in [5, 5.41) is 8.29. The molecule has 0 unspecified atom stereocenters. The number of nitrogens with zero attached hydrogens (tertiary/aromatic N) is 2. The first-order chi connectivity index (χ1) is 12.0. The van der Waals surface area contributed by atoms with Crippen molar-refractivity contribution in [1.82, 2.24) is 9.78 Å². The van der Waals surface area contributed by atoms with E-state index in [4.69, 9.17) is 27.9 Å². The van der Waals surface area contributed by atoms with Crippen LogP contribution in [0.15, 0.2) is 42.5 Å². The smallest absolute Gasteiger partial charge is 0.359 e. The lowest BCUT2D eigenvalue weighted by Gasteiger charge is -2.07. The molecule has 0 spiro atoms. The second-order valence-electron chi connectivity index (χ2n) is 5.19. The van der Waals surface area contributed by atoms with Crippen LogP contribution in [-0.2, 0) is 16.1 Å². The summed E-state index contributed by atoms with van der Waals surface area (Å²) in [5.74, 6) is -0.872. The number of rotatable bonds is 4. The zero-order chi connectivity index (χ0) is 18.0. The summed E-state index contributed by atoms with van der Waals surface area (Å²) in [6, 6.07) is 11.9. The molecule has 1 N–H and O–H groups in total. The number of benzene rings is 2. The predicted molar refractivity (Wildman–Crippen MR) is 96.2 cm³/mol. The van der Waals surface area contributed by atoms with Crippen molar-refractivity contribution >= 4 is 51.7 Å². The van der Waals surface area contributed by atoms with Gasteiger partial charge in [0, 0.05) is 11.1 Å². The summed E-state index contributed by atoms with van der Waals surface area (Å²) in [4.78, 5) is 24.2. The zero-order valence-electron chi connectivity index (χ0n) is 13.1. The van der Waals surface area contributed by atoms with Gasteiger partial charge in [0.15, 0.2) is 5.69 Å². The Morgan fingerprint density at radius 2 is 1.92 bits per heavy atom. The lowest BCUT2D eigenvalue weighted by Crippen LogP contribution is -2.19. The van der Waals surface area contributed by atoms with Gasteiger partial charge in [-0.1, -0.05) is 41.4 Å². The molecule has 0 aliphatic heterocycles. The van der Waals surface area contributed by atoms with Gasteiger partial charge in [-0.3, -0.25) is 9.48 Å². The average molecular weight is 378 g/mol. The number of nitrogens with one attached hydrogen (secondary N) is 1. The summed E-state index contributed by atoms with van der Waals surface area (Å²) < 4.78 is 6.19. The second-order valence-corrected chi connectivity index (χ2v) is 6.01. The molecule has 0 saturated carbocycles. The summed E-state index contributed by atoms with van der Waals surface area (Å²) in [5.41, 5.74) is 1.34. The number of amides is 1. The van der Waals surface area contributed by atoms with Crippen LogP contribution in [0.5, 0.6) is 0 Å². The Morgan fingerprint density at radius 1 is 1.16 bits per heavy atom. The highest BCUT2D eigenvalue weighted by Crippen LogP contribution is 2.25. The topological polar surface area (TPSA) is 73.2 Å².